The van der Waals surface area contributed by atoms with Gasteiger partial charge in [0.15, 0.2) is 9.84 Å². The van der Waals surface area contributed by atoms with E-state index in [0.29, 0.717) is 11.1 Å². The molecule has 1 heterocycles. The zero-order valence-electron chi connectivity index (χ0n) is 22.5. The Labute approximate surface area is 235 Å². The third-order valence-electron chi connectivity index (χ3n) is 6.52. The van der Waals surface area contributed by atoms with Crippen LogP contribution in [0.25, 0.3) is 0 Å². The molecule has 1 fully saturated rings. The van der Waals surface area contributed by atoms with Crippen LogP contribution in [0.15, 0.2) is 58.3 Å². The molecule has 2 aromatic carbocycles. The van der Waals surface area contributed by atoms with E-state index in [-0.39, 0.29) is 65.7 Å². The second-order valence-electron chi connectivity index (χ2n) is 9.92. The Bertz CT molecular complexity index is 1560. The number of carbonyl (C=O) groups is 2. The van der Waals surface area contributed by atoms with Crippen LogP contribution in [0.1, 0.15) is 38.3 Å². The third-order valence-corrected chi connectivity index (χ3v) is 12.0. The van der Waals surface area contributed by atoms with E-state index in [1.54, 1.807) is 31.2 Å². The van der Waals surface area contributed by atoms with E-state index in [0.717, 1.165) is 4.31 Å². The Hall–Kier alpha value is -2.85. The minimum Gasteiger partial charge on any atom is -0.352 e. The van der Waals surface area contributed by atoms with Crippen LogP contribution in [0.4, 0.5) is 0 Å². The minimum atomic E-state index is -4.23. The maximum absolute atomic E-state index is 13.7. The molecular formula is C25H34N4O8S3. The molecule has 2 amide bonds. The van der Waals surface area contributed by atoms with Crippen molar-refractivity contribution in [2.24, 2.45) is 0 Å². The topological polar surface area (TPSA) is 176 Å². The predicted octanol–water partition coefficient (Wildman–Crippen LogP) is 0.505. The van der Waals surface area contributed by atoms with Gasteiger partial charge in [0.05, 0.1) is 21.3 Å². The fraction of sp³-hybridized carbons (Fsp3) is 0.440. The number of rotatable bonds is 12. The molecule has 3 N–H and O–H groups in total. The number of nitrogens with zero attached hydrogens (tertiary/aromatic N) is 1. The van der Waals surface area contributed by atoms with E-state index in [4.69, 9.17) is 0 Å². The van der Waals surface area contributed by atoms with Crippen LogP contribution in [0.2, 0.25) is 0 Å². The Morgan fingerprint density at radius 1 is 0.850 bits per heavy atom. The van der Waals surface area contributed by atoms with Gasteiger partial charge in [0.25, 0.3) is 0 Å². The second-order valence-corrected chi connectivity index (χ2v) is 15.7. The molecular weight excluding hydrogens is 580 g/mol. The highest BCUT2D eigenvalue weighted by Gasteiger charge is 2.47. The summed E-state index contributed by atoms with van der Waals surface area (Å²) in [5.41, 5.74) is 0.0969. The lowest BCUT2D eigenvalue weighted by Crippen LogP contribution is -2.53. The molecule has 220 valence electrons. The number of sulfonamides is 2. The van der Waals surface area contributed by atoms with Crippen molar-refractivity contribution in [2.45, 2.75) is 55.6 Å². The lowest BCUT2D eigenvalue weighted by atomic mass is 10.0. The number of carbonyl (C=O) groups excluding carboxylic acids is 2. The van der Waals surface area contributed by atoms with Gasteiger partial charge >= 0.3 is 0 Å². The van der Waals surface area contributed by atoms with Crippen molar-refractivity contribution in [1.29, 1.82) is 0 Å². The molecule has 3 rings (SSSR count). The lowest BCUT2D eigenvalue weighted by molar-refractivity contribution is -0.120. The van der Waals surface area contributed by atoms with Crippen molar-refractivity contribution in [1.82, 2.24) is 19.7 Å². The molecule has 0 spiro atoms. The van der Waals surface area contributed by atoms with Crippen molar-refractivity contribution in [3.05, 3.63) is 59.7 Å². The zero-order chi connectivity index (χ0) is 29.8. The van der Waals surface area contributed by atoms with E-state index in [1.165, 1.54) is 38.1 Å². The van der Waals surface area contributed by atoms with Gasteiger partial charge in [-0.05, 0) is 48.7 Å². The second kappa shape index (κ2) is 12.3. The van der Waals surface area contributed by atoms with E-state index in [2.05, 4.69) is 15.4 Å². The fourth-order valence-electron chi connectivity index (χ4n) is 4.38. The fourth-order valence-corrected chi connectivity index (χ4v) is 9.43. The number of nitrogens with one attached hydrogen (secondary N) is 3. The van der Waals surface area contributed by atoms with Crippen molar-refractivity contribution < 1.29 is 34.8 Å². The first-order chi connectivity index (χ1) is 18.5. The van der Waals surface area contributed by atoms with Crippen molar-refractivity contribution in [2.75, 3.05) is 24.6 Å². The molecule has 0 bridgehead atoms. The van der Waals surface area contributed by atoms with E-state index in [1.807, 2.05) is 0 Å². The van der Waals surface area contributed by atoms with Crippen LogP contribution in [0.5, 0.6) is 0 Å². The molecule has 0 unspecified atom stereocenters. The highest BCUT2D eigenvalue weighted by Crippen LogP contribution is 2.34. The molecule has 1 aliphatic heterocycles. The predicted molar refractivity (Wildman–Crippen MR) is 149 cm³/mol. The zero-order valence-corrected chi connectivity index (χ0v) is 25.0. The summed E-state index contributed by atoms with van der Waals surface area (Å²) in [6.07, 6.45) is 0.0672. The van der Waals surface area contributed by atoms with Gasteiger partial charge in [0.1, 0.15) is 0 Å². The highest BCUT2D eigenvalue weighted by molar-refractivity contribution is 7.92. The summed E-state index contributed by atoms with van der Waals surface area (Å²) in [7, 11) is -11.7. The number of sulfone groups is 1. The average Bonchev–Trinajstić information content (AvgIpc) is 3.17. The Morgan fingerprint density at radius 3 is 1.75 bits per heavy atom. The van der Waals surface area contributed by atoms with Crippen LogP contribution in [0, 0.1) is 0 Å². The van der Waals surface area contributed by atoms with Crippen LogP contribution >= 0.6 is 0 Å². The first-order valence-corrected chi connectivity index (χ1v) is 17.2. The molecule has 15 heteroatoms. The first-order valence-electron chi connectivity index (χ1n) is 12.4. The van der Waals surface area contributed by atoms with Crippen LogP contribution < -0.4 is 15.4 Å². The molecule has 1 saturated heterocycles. The molecule has 0 radical (unpaired) electrons. The standard InChI is InChI=1S/C25H34N4O8S3/c1-19(30)26-16-21-4-8-23(9-5-21)39(34,35)28-13-14-29(25(3)12-15-38(32,33)18-25)40(36,37)24-10-6-22(7-11-24)17-27-20(2)31/h4-11,28H,12-18H2,1-3H3,(H,26,30)(H,27,31)/t25-/m1/s1. The van der Waals surface area contributed by atoms with Crippen molar-refractivity contribution in [3.8, 4) is 0 Å². The number of amides is 2. The molecule has 2 aromatic rings. The summed E-state index contributed by atoms with van der Waals surface area (Å²) in [4.78, 5) is 22.1. The minimum absolute atomic E-state index is 0.0436. The Kier molecular flexibility index (Phi) is 9.78. The number of hydrogen-bond donors (Lipinski definition) is 3. The van der Waals surface area contributed by atoms with Crippen LogP contribution in [-0.2, 0) is 52.6 Å². The molecule has 0 saturated carbocycles. The van der Waals surface area contributed by atoms with Crippen molar-refractivity contribution >= 4 is 41.7 Å². The Morgan fingerprint density at radius 2 is 1.32 bits per heavy atom. The summed E-state index contributed by atoms with van der Waals surface area (Å²) >= 11 is 0. The summed E-state index contributed by atoms with van der Waals surface area (Å²) < 4.78 is 81.4. The summed E-state index contributed by atoms with van der Waals surface area (Å²) in [6.45, 7) is 4.13. The molecule has 40 heavy (non-hydrogen) atoms. The Balaban J connectivity index is 1.80. The molecule has 12 nitrogen and oxygen atoms in total. The summed E-state index contributed by atoms with van der Waals surface area (Å²) in [5.74, 6) is -1.02. The van der Waals surface area contributed by atoms with E-state index >= 15 is 0 Å². The normalized spacial score (nSPS) is 18.9. The van der Waals surface area contributed by atoms with E-state index in [9.17, 15) is 34.8 Å². The van der Waals surface area contributed by atoms with Gasteiger partial charge < -0.3 is 10.6 Å². The van der Waals surface area contributed by atoms with Gasteiger partial charge in [-0.1, -0.05) is 24.3 Å². The smallest absolute Gasteiger partial charge is 0.243 e. The summed E-state index contributed by atoms with van der Waals surface area (Å²) in [5, 5.41) is 5.24. The number of benzene rings is 2. The van der Waals surface area contributed by atoms with Gasteiger partial charge in [-0.25, -0.2) is 30.0 Å². The van der Waals surface area contributed by atoms with Gasteiger partial charge in [-0.15, -0.1) is 0 Å². The SMILES string of the molecule is CC(=O)NCc1ccc(S(=O)(=O)NCCN([C@]2(C)CCS(=O)(=O)C2)S(=O)(=O)c2ccc(CNC(C)=O)cc2)cc1. The van der Waals surface area contributed by atoms with E-state index < -0.39 is 35.4 Å². The van der Waals surface area contributed by atoms with Gasteiger partial charge in [-0.3, -0.25) is 9.59 Å². The van der Waals surface area contributed by atoms with Crippen molar-refractivity contribution in [3.63, 3.8) is 0 Å². The monoisotopic (exact) mass is 614 g/mol. The maximum atomic E-state index is 13.7. The van der Waals surface area contributed by atoms with Gasteiger partial charge in [0.2, 0.25) is 31.9 Å². The average molecular weight is 615 g/mol. The number of hydrogen-bond acceptors (Lipinski definition) is 8. The first kappa shape index (κ1) is 31.7. The van der Waals surface area contributed by atoms with Gasteiger partial charge in [0, 0.05) is 45.6 Å². The largest absolute Gasteiger partial charge is 0.352 e. The summed E-state index contributed by atoms with van der Waals surface area (Å²) in [6, 6.07) is 11.7. The lowest BCUT2D eigenvalue weighted by Gasteiger charge is -2.36. The molecule has 0 aliphatic carbocycles. The van der Waals surface area contributed by atoms with Crippen LogP contribution in [-0.4, -0.2) is 71.5 Å². The van der Waals surface area contributed by atoms with Crippen LogP contribution in [0.3, 0.4) is 0 Å². The molecule has 1 aliphatic rings. The molecule has 1 atom stereocenters. The maximum Gasteiger partial charge on any atom is 0.243 e. The molecule has 0 aromatic heterocycles. The third kappa shape index (κ3) is 8.10. The van der Waals surface area contributed by atoms with Gasteiger partial charge in [-0.2, -0.15) is 4.31 Å². The quantitative estimate of drug-likeness (QED) is 0.310. The highest BCUT2D eigenvalue weighted by atomic mass is 32.2.